The lowest BCUT2D eigenvalue weighted by molar-refractivity contribution is 0.121. The molecule has 2 fully saturated rings. The highest BCUT2D eigenvalue weighted by atomic mass is 32.2. The Morgan fingerprint density at radius 3 is 2.31 bits per heavy atom. The quantitative estimate of drug-likeness (QED) is 0.645. The molecule has 0 N–H and O–H groups in total. The van der Waals surface area contributed by atoms with Crippen LogP contribution in [0.4, 0.5) is 0 Å². The SMILES string of the molecule is O=S1CCCS(=O)C1[C@H]1CCCO1. The van der Waals surface area contributed by atoms with Gasteiger partial charge in [0.1, 0.15) is 4.58 Å². The van der Waals surface area contributed by atoms with E-state index in [1.807, 2.05) is 0 Å². The van der Waals surface area contributed by atoms with Gasteiger partial charge in [0, 0.05) is 39.7 Å². The van der Waals surface area contributed by atoms with Crippen LogP contribution in [0.3, 0.4) is 0 Å². The van der Waals surface area contributed by atoms with Gasteiger partial charge in [-0.3, -0.25) is 8.42 Å². The van der Waals surface area contributed by atoms with Crippen LogP contribution in [0.25, 0.3) is 0 Å². The van der Waals surface area contributed by atoms with Crippen molar-refractivity contribution in [3.8, 4) is 0 Å². The van der Waals surface area contributed by atoms with E-state index >= 15 is 0 Å². The van der Waals surface area contributed by atoms with E-state index in [-0.39, 0.29) is 10.7 Å². The second kappa shape index (κ2) is 4.19. The second-order valence-electron chi connectivity index (χ2n) is 3.44. The van der Waals surface area contributed by atoms with Crippen LogP contribution in [0.1, 0.15) is 19.3 Å². The van der Waals surface area contributed by atoms with Gasteiger partial charge in [0.2, 0.25) is 0 Å². The third kappa shape index (κ3) is 2.02. The van der Waals surface area contributed by atoms with E-state index in [9.17, 15) is 8.42 Å². The van der Waals surface area contributed by atoms with Crippen LogP contribution in [0, 0.1) is 0 Å². The summed E-state index contributed by atoms with van der Waals surface area (Å²) in [4.78, 5) is 0. The molecule has 3 atom stereocenters. The number of hydrogen-bond acceptors (Lipinski definition) is 3. The highest BCUT2D eigenvalue weighted by molar-refractivity contribution is 8.03. The first-order chi connectivity index (χ1) is 6.29. The van der Waals surface area contributed by atoms with Crippen molar-refractivity contribution in [2.75, 3.05) is 18.1 Å². The molecule has 0 aliphatic carbocycles. The molecule has 0 aromatic heterocycles. The normalized spacial score (nSPS) is 46.5. The van der Waals surface area contributed by atoms with Crippen LogP contribution in [0.15, 0.2) is 0 Å². The van der Waals surface area contributed by atoms with Crippen molar-refractivity contribution in [3.63, 3.8) is 0 Å². The molecule has 0 spiro atoms. The molecule has 0 radical (unpaired) electrons. The maximum absolute atomic E-state index is 11.6. The van der Waals surface area contributed by atoms with Crippen molar-refractivity contribution < 1.29 is 13.2 Å². The molecular weight excluding hydrogens is 208 g/mol. The fourth-order valence-corrected chi connectivity index (χ4v) is 6.00. The van der Waals surface area contributed by atoms with Gasteiger partial charge in [-0.15, -0.1) is 0 Å². The van der Waals surface area contributed by atoms with Gasteiger partial charge in [-0.1, -0.05) is 0 Å². The molecule has 0 saturated carbocycles. The molecule has 0 aromatic carbocycles. The van der Waals surface area contributed by atoms with Crippen LogP contribution >= 0.6 is 0 Å². The molecule has 2 saturated heterocycles. The van der Waals surface area contributed by atoms with E-state index < -0.39 is 21.6 Å². The molecule has 0 aromatic rings. The lowest BCUT2D eigenvalue weighted by Crippen LogP contribution is -2.39. The Morgan fingerprint density at radius 1 is 1.08 bits per heavy atom. The smallest absolute Gasteiger partial charge is 0.136 e. The molecule has 2 aliphatic rings. The molecule has 2 heterocycles. The highest BCUT2D eigenvalue weighted by Gasteiger charge is 2.37. The Balaban J connectivity index is 2.08. The summed E-state index contributed by atoms with van der Waals surface area (Å²) in [7, 11) is -1.85. The Bertz CT molecular complexity index is 220. The zero-order valence-corrected chi connectivity index (χ0v) is 9.07. The first-order valence-electron chi connectivity index (χ1n) is 4.65. The van der Waals surface area contributed by atoms with Crippen LogP contribution in [-0.2, 0) is 26.3 Å². The van der Waals surface area contributed by atoms with Gasteiger partial charge in [0.25, 0.3) is 0 Å². The van der Waals surface area contributed by atoms with Gasteiger partial charge in [0.05, 0.1) is 6.10 Å². The molecule has 0 amide bonds. The monoisotopic (exact) mass is 222 g/mol. The second-order valence-corrected chi connectivity index (χ2v) is 7.10. The lowest BCUT2D eigenvalue weighted by atomic mass is 10.3. The zero-order valence-electron chi connectivity index (χ0n) is 7.44. The summed E-state index contributed by atoms with van der Waals surface area (Å²) in [6, 6.07) is 0. The fourth-order valence-electron chi connectivity index (χ4n) is 1.85. The van der Waals surface area contributed by atoms with Crippen molar-refractivity contribution >= 4 is 21.6 Å². The van der Waals surface area contributed by atoms with Crippen molar-refractivity contribution in [1.82, 2.24) is 0 Å². The van der Waals surface area contributed by atoms with E-state index in [1.165, 1.54) is 0 Å². The lowest BCUT2D eigenvalue weighted by Gasteiger charge is -2.25. The van der Waals surface area contributed by atoms with Crippen molar-refractivity contribution in [2.45, 2.75) is 29.9 Å². The van der Waals surface area contributed by atoms with Crippen molar-refractivity contribution in [1.29, 1.82) is 0 Å². The highest BCUT2D eigenvalue weighted by Crippen LogP contribution is 2.25. The molecular formula is C8H14O3S2. The van der Waals surface area contributed by atoms with E-state index in [2.05, 4.69) is 0 Å². The fraction of sp³-hybridized carbons (Fsp3) is 1.00. The molecule has 76 valence electrons. The first-order valence-corrected chi connectivity index (χ1v) is 7.41. The van der Waals surface area contributed by atoms with Crippen LogP contribution in [0.5, 0.6) is 0 Å². The molecule has 0 bridgehead atoms. The van der Waals surface area contributed by atoms with Gasteiger partial charge < -0.3 is 4.74 Å². The Kier molecular flexibility index (Phi) is 3.16. The third-order valence-electron chi connectivity index (χ3n) is 2.48. The topological polar surface area (TPSA) is 43.4 Å². The molecule has 2 aliphatic heterocycles. The summed E-state index contributed by atoms with van der Waals surface area (Å²) in [5, 5.41) is 0. The molecule has 3 nitrogen and oxygen atoms in total. The Morgan fingerprint density at radius 2 is 1.77 bits per heavy atom. The van der Waals surface area contributed by atoms with Gasteiger partial charge >= 0.3 is 0 Å². The minimum atomic E-state index is -0.923. The standard InChI is InChI=1S/C8H14O3S2/c9-12-5-2-6-13(10)8(12)7-3-1-4-11-7/h7-8H,1-6H2/t7-,8?,12?,13?/m1/s1. The molecule has 13 heavy (non-hydrogen) atoms. The number of ether oxygens (including phenoxy) is 1. The number of rotatable bonds is 1. The summed E-state index contributed by atoms with van der Waals surface area (Å²) in [5.74, 6) is 1.41. The van der Waals surface area contributed by atoms with E-state index in [4.69, 9.17) is 4.74 Å². The van der Waals surface area contributed by atoms with Gasteiger partial charge in [-0.05, 0) is 19.3 Å². The maximum Gasteiger partial charge on any atom is 0.136 e. The van der Waals surface area contributed by atoms with E-state index in [1.54, 1.807) is 0 Å². The Hall–Kier alpha value is 0.260. The van der Waals surface area contributed by atoms with Crippen LogP contribution in [-0.4, -0.2) is 37.2 Å². The van der Waals surface area contributed by atoms with Crippen molar-refractivity contribution in [2.24, 2.45) is 0 Å². The summed E-state index contributed by atoms with van der Waals surface area (Å²) in [6.45, 7) is 0.746. The van der Waals surface area contributed by atoms with Crippen LogP contribution in [0.2, 0.25) is 0 Å². The van der Waals surface area contributed by atoms with E-state index in [0.29, 0.717) is 11.5 Å². The predicted octanol–water partition coefficient (Wildman–Crippen LogP) is 0.393. The minimum Gasteiger partial charge on any atom is -0.376 e. The molecule has 2 unspecified atom stereocenters. The summed E-state index contributed by atoms with van der Waals surface area (Å²) in [5.41, 5.74) is 0. The largest absolute Gasteiger partial charge is 0.376 e. The van der Waals surface area contributed by atoms with Crippen LogP contribution < -0.4 is 0 Å². The van der Waals surface area contributed by atoms with Gasteiger partial charge in [0.15, 0.2) is 0 Å². The maximum atomic E-state index is 11.6. The summed E-state index contributed by atoms with van der Waals surface area (Å²) < 4.78 is 28.5. The predicted molar refractivity (Wildman–Crippen MR) is 53.4 cm³/mol. The van der Waals surface area contributed by atoms with Gasteiger partial charge in [-0.2, -0.15) is 0 Å². The summed E-state index contributed by atoms with van der Waals surface area (Å²) >= 11 is 0. The van der Waals surface area contributed by atoms with Gasteiger partial charge in [-0.25, -0.2) is 0 Å². The first kappa shape index (κ1) is 9.80. The average Bonchev–Trinajstić information content (AvgIpc) is 2.57. The van der Waals surface area contributed by atoms with E-state index in [0.717, 1.165) is 25.9 Å². The third-order valence-corrected chi connectivity index (χ3v) is 6.79. The average molecular weight is 222 g/mol. The molecule has 5 heteroatoms. The minimum absolute atomic E-state index is 0.00182. The number of hydrogen-bond donors (Lipinski definition) is 0. The molecule has 2 rings (SSSR count). The summed E-state index contributed by atoms with van der Waals surface area (Å²) in [6.07, 6.45) is 2.79. The Labute approximate surface area is 83.1 Å². The van der Waals surface area contributed by atoms with Crippen molar-refractivity contribution in [3.05, 3.63) is 0 Å². The zero-order chi connectivity index (χ0) is 9.26.